The van der Waals surface area contributed by atoms with Crippen molar-refractivity contribution in [3.8, 4) is 0 Å². The monoisotopic (exact) mass is 400 g/mol. The van der Waals surface area contributed by atoms with E-state index in [9.17, 15) is 9.59 Å². The highest BCUT2D eigenvalue weighted by molar-refractivity contribution is 5.92. The number of ether oxygens (including phenoxy) is 2. The van der Waals surface area contributed by atoms with Gasteiger partial charge in [0, 0.05) is 11.8 Å². The standard InChI is InChI=1S/C25H36O4/c1-14-11-17-18(23(5)9-7-16(27)12-19(14)23)8-10-24(6)20(17)13-21-25(24,15(2)26)29-22(3,4)28-21/h12,14,17-18,20-21H,7-11,13H2,1-6H3/t14-,17-,18+,20+,21-,23-,24+,25+/m1/s1. The lowest BCUT2D eigenvalue weighted by Gasteiger charge is -2.60. The van der Waals surface area contributed by atoms with Crippen LogP contribution in [0.4, 0.5) is 0 Å². The van der Waals surface area contributed by atoms with E-state index in [1.54, 1.807) is 6.92 Å². The summed E-state index contributed by atoms with van der Waals surface area (Å²) >= 11 is 0. The fourth-order valence-electron chi connectivity index (χ4n) is 8.73. The smallest absolute Gasteiger partial charge is 0.164 e. The summed E-state index contributed by atoms with van der Waals surface area (Å²) in [6.07, 6.45) is 7.64. The molecule has 8 atom stereocenters. The van der Waals surface area contributed by atoms with Crippen molar-refractivity contribution in [3.63, 3.8) is 0 Å². The third-order valence-electron chi connectivity index (χ3n) is 9.79. The van der Waals surface area contributed by atoms with Crippen LogP contribution < -0.4 is 0 Å². The van der Waals surface area contributed by atoms with E-state index < -0.39 is 11.4 Å². The van der Waals surface area contributed by atoms with Gasteiger partial charge in [0.25, 0.3) is 0 Å². The molecule has 4 nitrogen and oxygen atoms in total. The Bertz CT molecular complexity index is 812. The number of hydrogen-bond acceptors (Lipinski definition) is 4. The Kier molecular flexibility index (Phi) is 4.00. The number of rotatable bonds is 1. The Labute approximate surface area is 174 Å². The molecule has 0 radical (unpaired) electrons. The molecular weight excluding hydrogens is 364 g/mol. The summed E-state index contributed by atoms with van der Waals surface area (Å²) in [4.78, 5) is 25.3. The summed E-state index contributed by atoms with van der Waals surface area (Å²) < 4.78 is 12.9. The summed E-state index contributed by atoms with van der Waals surface area (Å²) in [5.74, 6) is 1.76. The van der Waals surface area contributed by atoms with Crippen LogP contribution in [-0.2, 0) is 19.1 Å². The molecule has 3 saturated carbocycles. The van der Waals surface area contributed by atoms with Gasteiger partial charge >= 0.3 is 0 Å². The van der Waals surface area contributed by atoms with Crippen LogP contribution >= 0.6 is 0 Å². The highest BCUT2D eigenvalue weighted by Crippen LogP contribution is 2.71. The Morgan fingerprint density at radius 3 is 2.52 bits per heavy atom. The molecule has 4 fully saturated rings. The fraction of sp³-hybridized carbons (Fsp3) is 0.840. The Morgan fingerprint density at radius 2 is 1.83 bits per heavy atom. The van der Waals surface area contributed by atoms with Gasteiger partial charge < -0.3 is 9.47 Å². The molecule has 29 heavy (non-hydrogen) atoms. The van der Waals surface area contributed by atoms with Crippen LogP contribution in [0.2, 0.25) is 0 Å². The minimum absolute atomic E-state index is 0.125. The van der Waals surface area contributed by atoms with Gasteiger partial charge in [-0.2, -0.15) is 0 Å². The highest BCUT2D eigenvalue weighted by Gasteiger charge is 2.75. The maximum atomic E-state index is 13.1. The number of hydrogen-bond donors (Lipinski definition) is 0. The van der Waals surface area contributed by atoms with Crippen molar-refractivity contribution in [3.05, 3.63) is 11.6 Å². The summed E-state index contributed by atoms with van der Waals surface area (Å²) in [6, 6.07) is 0. The van der Waals surface area contributed by atoms with E-state index in [0.717, 1.165) is 32.1 Å². The molecule has 5 rings (SSSR count). The highest BCUT2D eigenvalue weighted by atomic mass is 16.8. The molecule has 0 aromatic heterocycles. The number of fused-ring (bicyclic) bond motifs is 7. The molecule has 160 valence electrons. The number of carbonyl (C=O) groups excluding carboxylic acids is 2. The molecule has 5 aliphatic rings. The first-order valence-corrected chi connectivity index (χ1v) is 11.6. The fourth-order valence-corrected chi connectivity index (χ4v) is 8.73. The summed E-state index contributed by atoms with van der Waals surface area (Å²) in [5.41, 5.74) is 0.529. The van der Waals surface area contributed by atoms with Gasteiger partial charge in [-0.15, -0.1) is 0 Å². The number of carbonyl (C=O) groups is 2. The van der Waals surface area contributed by atoms with Crippen LogP contribution in [0.5, 0.6) is 0 Å². The quantitative estimate of drug-likeness (QED) is 0.631. The van der Waals surface area contributed by atoms with Crippen molar-refractivity contribution in [2.75, 3.05) is 0 Å². The van der Waals surface area contributed by atoms with Gasteiger partial charge in [0.1, 0.15) is 0 Å². The molecule has 1 aliphatic heterocycles. The van der Waals surface area contributed by atoms with Crippen molar-refractivity contribution in [2.45, 2.75) is 97.6 Å². The predicted molar refractivity (Wildman–Crippen MR) is 110 cm³/mol. The molecule has 1 heterocycles. The van der Waals surface area contributed by atoms with E-state index in [2.05, 4.69) is 20.8 Å². The van der Waals surface area contributed by atoms with E-state index >= 15 is 0 Å². The van der Waals surface area contributed by atoms with E-state index in [1.807, 2.05) is 19.9 Å². The van der Waals surface area contributed by atoms with Gasteiger partial charge in [0.2, 0.25) is 0 Å². The maximum absolute atomic E-state index is 13.1. The van der Waals surface area contributed by atoms with Crippen molar-refractivity contribution < 1.29 is 19.1 Å². The molecule has 0 aromatic rings. The van der Waals surface area contributed by atoms with Gasteiger partial charge in [-0.25, -0.2) is 0 Å². The van der Waals surface area contributed by atoms with Crippen LogP contribution in [0, 0.1) is 34.5 Å². The van der Waals surface area contributed by atoms with Crippen molar-refractivity contribution in [2.24, 2.45) is 34.5 Å². The van der Waals surface area contributed by atoms with Crippen molar-refractivity contribution in [1.29, 1.82) is 0 Å². The second-order valence-corrected chi connectivity index (χ2v) is 11.6. The Hall–Kier alpha value is -1.00. The normalized spacial score (nSPS) is 52.8. The molecule has 0 N–H and O–H groups in total. The van der Waals surface area contributed by atoms with Gasteiger partial charge in [-0.1, -0.05) is 26.3 Å². The van der Waals surface area contributed by atoms with E-state index in [0.29, 0.717) is 35.9 Å². The SMILES string of the molecule is CC(=O)[C@]12OC(C)(C)O[C@@H]1C[C@H]1[C@@H]3C[C@@H](C)C4=CC(=O)CC[C@]4(C)[C@H]3CC[C@@]12C. The zero-order valence-corrected chi connectivity index (χ0v) is 18.8. The van der Waals surface area contributed by atoms with Crippen LogP contribution in [0.25, 0.3) is 0 Å². The number of allylic oxidation sites excluding steroid dienone is 1. The molecule has 0 spiro atoms. The second kappa shape index (κ2) is 5.82. The topological polar surface area (TPSA) is 52.6 Å². The van der Waals surface area contributed by atoms with E-state index in [-0.39, 0.29) is 22.7 Å². The van der Waals surface area contributed by atoms with Crippen LogP contribution in [0.15, 0.2) is 11.6 Å². The van der Waals surface area contributed by atoms with Crippen molar-refractivity contribution >= 4 is 11.6 Å². The van der Waals surface area contributed by atoms with Crippen molar-refractivity contribution in [1.82, 2.24) is 0 Å². The molecule has 4 heteroatoms. The van der Waals surface area contributed by atoms with Gasteiger partial charge in [0.15, 0.2) is 23.0 Å². The molecule has 4 aliphatic carbocycles. The lowest BCUT2D eigenvalue weighted by atomic mass is 9.44. The summed E-state index contributed by atoms with van der Waals surface area (Å²) in [6.45, 7) is 12.6. The summed E-state index contributed by atoms with van der Waals surface area (Å²) in [5, 5.41) is 0. The molecule has 0 aromatic carbocycles. The van der Waals surface area contributed by atoms with E-state index in [4.69, 9.17) is 9.47 Å². The average molecular weight is 401 g/mol. The zero-order chi connectivity index (χ0) is 21.0. The van der Waals surface area contributed by atoms with Gasteiger partial charge in [-0.05, 0) is 88.0 Å². The van der Waals surface area contributed by atoms with Gasteiger partial charge in [-0.3, -0.25) is 9.59 Å². The number of ketones is 2. The molecule has 1 saturated heterocycles. The van der Waals surface area contributed by atoms with Crippen LogP contribution in [0.3, 0.4) is 0 Å². The molecule has 0 amide bonds. The Morgan fingerprint density at radius 1 is 1.10 bits per heavy atom. The predicted octanol–water partition coefficient (Wildman–Crippen LogP) is 4.85. The zero-order valence-electron chi connectivity index (χ0n) is 18.8. The molecule has 0 bridgehead atoms. The van der Waals surface area contributed by atoms with Gasteiger partial charge in [0.05, 0.1) is 6.10 Å². The Balaban J connectivity index is 1.56. The number of Topliss-reactive ketones (excluding diaryl/α,β-unsaturated/α-hetero) is 1. The third-order valence-corrected chi connectivity index (χ3v) is 9.79. The van der Waals surface area contributed by atoms with Crippen LogP contribution in [-0.4, -0.2) is 29.1 Å². The second-order valence-electron chi connectivity index (χ2n) is 11.6. The molecule has 0 unspecified atom stereocenters. The van der Waals surface area contributed by atoms with E-state index in [1.165, 1.54) is 5.57 Å². The molecular formula is C25H36O4. The third kappa shape index (κ3) is 2.34. The maximum Gasteiger partial charge on any atom is 0.164 e. The minimum Gasteiger partial charge on any atom is -0.344 e. The largest absolute Gasteiger partial charge is 0.344 e. The van der Waals surface area contributed by atoms with Crippen LogP contribution in [0.1, 0.15) is 80.1 Å². The average Bonchev–Trinajstić information content (AvgIpc) is 3.03. The first kappa shape index (κ1) is 19.9. The first-order chi connectivity index (χ1) is 13.4. The minimum atomic E-state index is -0.811. The lowest BCUT2D eigenvalue weighted by molar-refractivity contribution is -0.214. The summed E-state index contributed by atoms with van der Waals surface area (Å²) in [7, 11) is 0. The first-order valence-electron chi connectivity index (χ1n) is 11.6. The lowest BCUT2D eigenvalue weighted by Crippen LogP contribution is -2.60.